The smallest absolute Gasteiger partial charge is 0.0670 e. The van der Waals surface area contributed by atoms with E-state index in [1.54, 1.807) is 0 Å². The van der Waals surface area contributed by atoms with Gasteiger partial charge in [0.2, 0.25) is 0 Å². The molecule has 0 bridgehead atoms. The molecule has 88 valence electrons. The van der Waals surface area contributed by atoms with E-state index in [2.05, 4.69) is 39.1 Å². The lowest BCUT2D eigenvalue weighted by Crippen LogP contribution is -2.38. The van der Waals surface area contributed by atoms with E-state index in [0.717, 1.165) is 16.5 Å². The maximum atomic E-state index is 6.29. The molecule has 0 fully saturated rings. The number of fused-ring (bicyclic) bond motifs is 1. The maximum Gasteiger partial charge on any atom is 0.0670 e. The number of aryl methyl sites for hydroxylation is 1. The third-order valence-electron chi connectivity index (χ3n) is 2.97. The summed E-state index contributed by atoms with van der Waals surface area (Å²) in [6.07, 6.45) is 0. The molecule has 1 heterocycles. The van der Waals surface area contributed by atoms with Crippen LogP contribution in [0.5, 0.6) is 0 Å². The molecule has 0 radical (unpaired) electrons. The summed E-state index contributed by atoms with van der Waals surface area (Å²) in [5.41, 5.74) is 2.61. The molecule has 0 spiro atoms. The molecule has 2 rings (SSSR count). The molecule has 1 unspecified atom stereocenters. The Morgan fingerprint density at radius 3 is 2.69 bits per heavy atom. The first-order valence-corrected chi connectivity index (χ1v) is 6.94. The zero-order chi connectivity index (χ0) is 11.9. The van der Waals surface area contributed by atoms with Gasteiger partial charge in [0.15, 0.2) is 0 Å². The van der Waals surface area contributed by atoms with Gasteiger partial charge in [-0.25, -0.2) is 0 Å². The van der Waals surface area contributed by atoms with Crippen molar-refractivity contribution in [2.75, 3.05) is 11.1 Å². The van der Waals surface area contributed by atoms with E-state index in [9.17, 15) is 0 Å². The maximum absolute atomic E-state index is 6.29. The van der Waals surface area contributed by atoms with Gasteiger partial charge in [0.1, 0.15) is 0 Å². The van der Waals surface area contributed by atoms with Crippen LogP contribution in [-0.2, 0) is 0 Å². The second kappa shape index (κ2) is 4.15. The van der Waals surface area contributed by atoms with Crippen molar-refractivity contribution in [2.24, 2.45) is 5.41 Å². The molecule has 1 aliphatic heterocycles. The van der Waals surface area contributed by atoms with Crippen LogP contribution in [0.25, 0.3) is 0 Å². The average molecular weight is 256 g/mol. The third kappa shape index (κ3) is 2.33. The van der Waals surface area contributed by atoms with Crippen LogP contribution in [0.4, 0.5) is 5.69 Å². The highest BCUT2D eigenvalue weighted by atomic mass is 35.5. The van der Waals surface area contributed by atoms with Gasteiger partial charge in [-0.05, 0) is 30.0 Å². The molecule has 1 aliphatic rings. The second-order valence-corrected chi connectivity index (χ2v) is 6.96. The molecule has 0 saturated heterocycles. The first-order valence-electron chi connectivity index (χ1n) is 5.57. The van der Waals surface area contributed by atoms with E-state index in [0.29, 0.717) is 6.04 Å². The van der Waals surface area contributed by atoms with E-state index >= 15 is 0 Å². The topological polar surface area (TPSA) is 12.0 Å². The van der Waals surface area contributed by atoms with Crippen LogP contribution in [0.3, 0.4) is 0 Å². The van der Waals surface area contributed by atoms with Crippen LogP contribution >= 0.6 is 23.4 Å². The van der Waals surface area contributed by atoms with Crippen molar-refractivity contribution in [2.45, 2.75) is 38.6 Å². The van der Waals surface area contributed by atoms with Gasteiger partial charge >= 0.3 is 0 Å². The molecule has 1 nitrogen and oxygen atoms in total. The Kier molecular flexibility index (Phi) is 3.15. The fourth-order valence-corrected chi connectivity index (χ4v) is 3.72. The van der Waals surface area contributed by atoms with Crippen LogP contribution in [0, 0.1) is 12.3 Å². The van der Waals surface area contributed by atoms with Crippen LogP contribution in [0.2, 0.25) is 5.02 Å². The molecule has 0 saturated carbocycles. The van der Waals surface area contributed by atoms with Gasteiger partial charge in [-0.15, -0.1) is 11.8 Å². The zero-order valence-electron chi connectivity index (χ0n) is 10.2. The van der Waals surface area contributed by atoms with Crippen molar-refractivity contribution in [3.8, 4) is 0 Å². The minimum Gasteiger partial charge on any atom is -0.379 e. The highest BCUT2D eigenvalue weighted by Crippen LogP contribution is 2.42. The van der Waals surface area contributed by atoms with Crippen LogP contribution in [-0.4, -0.2) is 11.8 Å². The summed E-state index contributed by atoms with van der Waals surface area (Å²) in [5, 5.41) is 4.42. The summed E-state index contributed by atoms with van der Waals surface area (Å²) < 4.78 is 0. The summed E-state index contributed by atoms with van der Waals surface area (Å²) >= 11 is 8.19. The quantitative estimate of drug-likeness (QED) is 0.728. The number of halogens is 1. The fraction of sp³-hybridized carbons (Fsp3) is 0.538. The highest BCUT2D eigenvalue weighted by Gasteiger charge is 2.29. The molecule has 16 heavy (non-hydrogen) atoms. The standard InChI is InChI=1S/C13H18ClNS/c1-8-5-9(14)12-10(6-8)16-7-11(15-12)13(2,3)4/h5-6,11,15H,7H2,1-4H3. The van der Waals surface area contributed by atoms with Crippen molar-refractivity contribution < 1.29 is 0 Å². The number of anilines is 1. The zero-order valence-corrected chi connectivity index (χ0v) is 11.8. The highest BCUT2D eigenvalue weighted by molar-refractivity contribution is 7.99. The van der Waals surface area contributed by atoms with Gasteiger partial charge in [-0.3, -0.25) is 0 Å². The van der Waals surface area contributed by atoms with E-state index in [-0.39, 0.29) is 5.41 Å². The summed E-state index contributed by atoms with van der Waals surface area (Å²) in [6, 6.07) is 4.71. The van der Waals surface area contributed by atoms with Crippen molar-refractivity contribution in [3.63, 3.8) is 0 Å². The lowest BCUT2D eigenvalue weighted by Gasteiger charge is -2.36. The van der Waals surface area contributed by atoms with Crippen molar-refractivity contribution in [1.82, 2.24) is 0 Å². The van der Waals surface area contributed by atoms with Crippen molar-refractivity contribution in [3.05, 3.63) is 22.7 Å². The number of thioether (sulfide) groups is 1. The number of hydrogen-bond acceptors (Lipinski definition) is 2. The van der Waals surface area contributed by atoms with Gasteiger partial charge in [0.05, 0.1) is 10.7 Å². The van der Waals surface area contributed by atoms with Gasteiger partial charge in [-0.2, -0.15) is 0 Å². The lowest BCUT2D eigenvalue weighted by molar-refractivity contribution is 0.362. The summed E-state index contributed by atoms with van der Waals surface area (Å²) in [7, 11) is 0. The molecule has 1 N–H and O–H groups in total. The monoisotopic (exact) mass is 255 g/mol. The molecule has 1 atom stereocenters. The minimum absolute atomic E-state index is 0.263. The Labute approximate surface area is 107 Å². The van der Waals surface area contributed by atoms with Crippen LogP contribution < -0.4 is 5.32 Å². The van der Waals surface area contributed by atoms with Gasteiger partial charge in [-0.1, -0.05) is 32.4 Å². The molecule has 3 heteroatoms. The Balaban J connectivity index is 2.34. The third-order valence-corrected chi connectivity index (χ3v) is 4.40. The summed E-state index contributed by atoms with van der Waals surface area (Å²) in [5.74, 6) is 1.11. The number of nitrogens with one attached hydrogen (secondary N) is 1. The molecular weight excluding hydrogens is 238 g/mol. The lowest BCUT2D eigenvalue weighted by atomic mass is 9.87. The number of benzene rings is 1. The van der Waals surface area contributed by atoms with Crippen molar-refractivity contribution >= 4 is 29.1 Å². The molecule has 1 aromatic carbocycles. The molecule has 0 aliphatic carbocycles. The summed E-state index contributed by atoms with van der Waals surface area (Å²) in [4.78, 5) is 1.28. The Morgan fingerprint density at radius 2 is 2.06 bits per heavy atom. The Bertz CT molecular complexity index is 409. The minimum atomic E-state index is 0.263. The second-order valence-electron chi connectivity index (χ2n) is 5.49. The number of rotatable bonds is 0. The predicted molar refractivity (Wildman–Crippen MR) is 73.8 cm³/mol. The van der Waals surface area contributed by atoms with E-state index in [4.69, 9.17) is 11.6 Å². The van der Waals surface area contributed by atoms with Gasteiger partial charge in [0.25, 0.3) is 0 Å². The first-order chi connectivity index (χ1) is 7.38. The largest absolute Gasteiger partial charge is 0.379 e. The average Bonchev–Trinajstić information content (AvgIpc) is 2.15. The fourth-order valence-electron chi connectivity index (χ4n) is 1.82. The van der Waals surface area contributed by atoms with E-state index in [1.807, 2.05) is 17.8 Å². The number of hydrogen-bond donors (Lipinski definition) is 1. The van der Waals surface area contributed by atoms with E-state index < -0.39 is 0 Å². The van der Waals surface area contributed by atoms with Gasteiger partial charge < -0.3 is 5.32 Å². The van der Waals surface area contributed by atoms with Crippen molar-refractivity contribution in [1.29, 1.82) is 0 Å². The molecule has 0 aromatic heterocycles. The molecular formula is C13H18ClNS. The predicted octanol–water partition coefficient (Wildman–Crippen LogP) is 4.58. The first kappa shape index (κ1) is 12.1. The van der Waals surface area contributed by atoms with Gasteiger partial charge in [0, 0.05) is 16.7 Å². The Hall–Kier alpha value is -0.340. The SMILES string of the molecule is Cc1cc(Cl)c2c(c1)SCC(C(C)(C)C)N2. The van der Waals surface area contributed by atoms with Crippen LogP contribution in [0.1, 0.15) is 26.3 Å². The van der Waals surface area contributed by atoms with Crippen LogP contribution in [0.15, 0.2) is 17.0 Å². The summed E-state index contributed by atoms with van der Waals surface area (Å²) in [6.45, 7) is 8.87. The Morgan fingerprint density at radius 1 is 1.38 bits per heavy atom. The normalized spacial score (nSPS) is 20.2. The molecule has 1 aromatic rings. The molecule has 0 amide bonds. The van der Waals surface area contributed by atoms with E-state index in [1.165, 1.54) is 10.5 Å².